The van der Waals surface area contributed by atoms with Gasteiger partial charge in [0, 0.05) is 10.1 Å². The molecule has 2 aromatic carbocycles. The van der Waals surface area contributed by atoms with Gasteiger partial charge in [0.1, 0.15) is 12.6 Å². The van der Waals surface area contributed by atoms with Gasteiger partial charge >= 0.3 is 12.1 Å². The normalized spacial score (nSPS) is 12.9. The van der Waals surface area contributed by atoms with Gasteiger partial charge in [-0.25, -0.2) is 9.59 Å². The number of rotatable bonds is 7. The van der Waals surface area contributed by atoms with Crippen molar-refractivity contribution in [3.05, 3.63) is 66.2 Å². The van der Waals surface area contributed by atoms with Gasteiger partial charge in [0.2, 0.25) is 0 Å². The maximum absolute atomic E-state index is 11.9. The maximum atomic E-state index is 11.9. The number of hydrogen-bond acceptors (Lipinski definition) is 4. The number of amides is 1. The number of carboxylic acid groups (broad SMARTS) is 1. The lowest BCUT2D eigenvalue weighted by Gasteiger charge is -2.20. The number of ether oxygens (including phenoxy) is 1. The van der Waals surface area contributed by atoms with Crippen molar-refractivity contribution in [2.24, 2.45) is 0 Å². The Morgan fingerprint density at radius 2 is 1.67 bits per heavy atom. The van der Waals surface area contributed by atoms with Crippen LogP contribution in [0.15, 0.2) is 65.6 Å². The van der Waals surface area contributed by atoms with Gasteiger partial charge in [-0.3, -0.25) is 0 Å². The largest absolute Gasteiger partial charge is 0.480 e. The van der Waals surface area contributed by atoms with Gasteiger partial charge in [0.05, 0.1) is 0 Å². The SMILES string of the molecule is C[C@@H](Sc1ccccc1)[C@@H](NC(=O)OCc1ccccc1)C(=O)O. The van der Waals surface area contributed by atoms with Crippen molar-refractivity contribution in [1.82, 2.24) is 5.32 Å². The Bertz CT molecular complexity index is 663. The number of nitrogens with one attached hydrogen (secondary N) is 1. The third-order valence-corrected chi connectivity index (χ3v) is 4.48. The molecule has 0 fully saturated rings. The van der Waals surface area contributed by atoms with Crippen molar-refractivity contribution in [1.29, 1.82) is 0 Å². The predicted octanol–water partition coefficient (Wildman–Crippen LogP) is 3.55. The highest BCUT2D eigenvalue weighted by atomic mass is 32.2. The Labute approximate surface area is 145 Å². The van der Waals surface area contributed by atoms with Crippen LogP contribution in [0.2, 0.25) is 0 Å². The lowest BCUT2D eigenvalue weighted by molar-refractivity contribution is -0.139. The van der Waals surface area contributed by atoms with E-state index >= 15 is 0 Å². The Kier molecular flexibility index (Phi) is 6.69. The molecular weight excluding hydrogens is 326 g/mol. The summed E-state index contributed by atoms with van der Waals surface area (Å²) in [5, 5.41) is 11.4. The minimum atomic E-state index is -1.09. The minimum Gasteiger partial charge on any atom is -0.480 e. The fourth-order valence-corrected chi connectivity index (χ4v) is 3.12. The molecule has 2 rings (SSSR count). The van der Waals surface area contributed by atoms with Crippen LogP contribution in [-0.2, 0) is 16.1 Å². The lowest BCUT2D eigenvalue weighted by atomic mass is 10.2. The van der Waals surface area contributed by atoms with E-state index in [9.17, 15) is 14.7 Å². The summed E-state index contributed by atoms with van der Waals surface area (Å²) >= 11 is 1.39. The standard InChI is InChI=1S/C18H19NO4S/c1-13(24-15-10-6-3-7-11-15)16(17(20)21)19-18(22)23-12-14-8-4-2-5-9-14/h2-11,13,16H,12H2,1H3,(H,19,22)(H,20,21)/t13-,16-/m1/s1. The van der Waals surface area contributed by atoms with Crippen molar-refractivity contribution in [2.75, 3.05) is 0 Å². The molecule has 1 amide bonds. The molecule has 0 saturated carbocycles. The van der Waals surface area contributed by atoms with Crippen LogP contribution in [0.4, 0.5) is 4.79 Å². The lowest BCUT2D eigenvalue weighted by Crippen LogP contribution is -2.46. The van der Waals surface area contributed by atoms with Crippen molar-refractivity contribution in [3.63, 3.8) is 0 Å². The molecule has 0 saturated heterocycles. The highest BCUT2D eigenvalue weighted by Crippen LogP contribution is 2.25. The Morgan fingerprint density at radius 1 is 1.08 bits per heavy atom. The van der Waals surface area contributed by atoms with E-state index < -0.39 is 18.1 Å². The summed E-state index contributed by atoms with van der Waals surface area (Å²) in [4.78, 5) is 24.3. The van der Waals surface area contributed by atoms with Gasteiger partial charge in [-0.15, -0.1) is 11.8 Å². The Morgan fingerprint density at radius 3 is 2.25 bits per heavy atom. The summed E-state index contributed by atoms with van der Waals surface area (Å²) < 4.78 is 5.09. The number of aliphatic carboxylic acids is 1. The zero-order valence-corrected chi connectivity index (χ0v) is 14.0. The Balaban J connectivity index is 1.90. The molecule has 0 aromatic heterocycles. The fourth-order valence-electron chi connectivity index (χ4n) is 2.05. The number of carboxylic acids is 1. The highest BCUT2D eigenvalue weighted by molar-refractivity contribution is 8.00. The number of hydrogen-bond donors (Lipinski definition) is 2. The van der Waals surface area contributed by atoms with E-state index in [1.165, 1.54) is 11.8 Å². The van der Waals surface area contributed by atoms with Crippen LogP contribution in [-0.4, -0.2) is 28.5 Å². The van der Waals surface area contributed by atoms with E-state index in [4.69, 9.17) is 4.74 Å². The molecule has 0 radical (unpaired) electrons. The molecule has 2 N–H and O–H groups in total. The summed E-state index contributed by atoms with van der Waals surface area (Å²) in [6.07, 6.45) is -0.744. The van der Waals surface area contributed by atoms with Crippen LogP contribution in [0.5, 0.6) is 0 Å². The molecular formula is C18H19NO4S. The van der Waals surface area contributed by atoms with Crippen LogP contribution in [0.1, 0.15) is 12.5 Å². The molecule has 0 unspecified atom stereocenters. The topological polar surface area (TPSA) is 75.6 Å². The van der Waals surface area contributed by atoms with Crippen LogP contribution in [0, 0.1) is 0 Å². The van der Waals surface area contributed by atoms with Gasteiger partial charge in [-0.1, -0.05) is 55.5 Å². The Hall–Kier alpha value is -2.47. The van der Waals surface area contributed by atoms with Crippen molar-refractivity contribution in [3.8, 4) is 0 Å². The van der Waals surface area contributed by atoms with E-state index in [2.05, 4.69) is 5.32 Å². The van der Waals surface area contributed by atoms with Gasteiger partial charge in [0.25, 0.3) is 0 Å². The van der Waals surface area contributed by atoms with Crippen molar-refractivity contribution >= 4 is 23.8 Å². The predicted molar refractivity (Wildman–Crippen MR) is 92.9 cm³/mol. The van der Waals surface area contributed by atoms with Crippen LogP contribution >= 0.6 is 11.8 Å². The molecule has 24 heavy (non-hydrogen) atoms. The van der Waals surface area contributed by atoms with E-state index in [1.54, 1.807) is 6.92 Å². The molecule has 5 nitrogen and oxygen atoms in total. The number of thioether (sulfide) groups is 1. The van der Waals surface area contributed by atoms with E-state index in [1.807, 2.05) is 60.7 Å². The molecule has 126 valence electrons. The molecule has 0 bridgehead atoms. The first-order valence-electron chi connectivity index (χ1n) is 7.48. The smallest absolute Gasteiger partial charge is 0.408 e. The number of benzene rings is 2. The molecule has 2 atom stereocenters. The average Bonchev–Trinajstić information content (AvgIpc) is 2.59. The zero-order valence-electron chi connectivity index (χ0n) is 13.2. The van der Waals surface area contributed by atoms with Gasteiger partial charge in [-0.2, -0.15) is 0 Å². The third kappa shape index (κ3) is 5.62. The fraction of sp³-hybridized carbons (Fsp3) is 0.222. The van der Waals surface area contributed by atoms with Crippen molar-refractivity contribution in [2.45, 2.75) is 29.7 Å². The second kappa shape index (κ2) is 8.98. The molecule has 0 aliphatic rings. The monoisotopic (exact) mass is 345 g/mol. The summed E-state index contributed by atoms with van der Waals surface area (Å²) in [6, 6.07) is 17.6. The molecule has 0 aliphatic heterocycles. The average molecular weight is 345 g/mol. The second-order valence-corrected chi connectivity index (χ2v) is 6.61. The summed E-state index contributed by atoms with van der Waals surface area (Å²) in [6.45, 7) is 1.85. The maximum Gasteiger partial charge on any atom is 0.408 e. The second-order valence-electron chi connectivity index (χ2n) is 5.16. The van der Waals surface area contributed by atoms with Gasteiger partial charge < -0.3 is 15.2 Å². The highest BCUT2D eigenvalue weighted by Gasteiger charge is 2.27. The first kappa shape index (κ1) is 17.9. The zero-order chi connectivity index (χ0) is 17.4. The molecule has 0 aliphatic carbocycles. The first-order chi connectivity index (χ1) is 11.6. The third-order valence-electron chi connectivity index (χ3n) is 3.29. The van der Waals surface area contributed by atoms with Crippen molar-refractivity contribution < 1.29 is 19.4 Å². The van der Waals surface area contributed by atoms with Gasteiger partial charge in [0.15, 0.2) is 0 Å². The summed E-state index contributed by atoms with van der Waals surface area (Å²) in [5.41, 5.74) is 0.839. The van der Waals surface area contributed by atoms with Crippen LogP contribution in [0.25, 0.3) is 0 Å². The van der Waals surface area contributed by atoms with Gasteiger partial charge in [-0.05, 0) is 17.7 Å². The quantitative estimate of drug-likeness (QED) is 0.751. The molecule has 0 spiro atoms. The molecule has 6 heteroatoms. The van der Waals surface area contributed by atoms with E-state index in [0.29, 0.717) is 0 Å². The number of carbonyl (C=O) groups excluding carboxylic acids is 1. The molecule has 2 aromatic rings. The minimum absolute atomic E-state index is 0.0964. The van der Waals surface area contributed by atoms with Crippen LogP contribution < -0.4 is 5.32 Å². The summed E-state index contributed by atoms with van der Waals surface area (Å²) in [5.74, 6) is -1.09. The van der Waals surface area contributed by atoms with E-state index in [-0.39, 0.29) is 11.9 Å². The first-order valence-corrected chi connectivity index (χ1v) is 8.36. The number of carbonyl (C=O) groups is 2. The van der Waals surface area contributed by atoms with Crippen LogP contribution in [0.3, 0.4) is 0 Å². The molecule has 0 heterocycles. The summed E-state index contributed by atoms with van der Waals surface area (Å²) in [7, 11) is 0. The van der Waals surface area contributed by atoms with E-state index in [0.717, 1.165) is 10.5 Å². The number of alkyl carbamates (subject to hydrolysis) is 1.